The summed E-state index contributed by atoms with van der Waals surface area (Å²) in [7, 11) is 4.66. The molecule has 0 aromatic heterocycles. The van der Waals surface area contributed by atoms with Crippen LogP contribution in [0.25, 0.3) is 0 Å². The first-order valence-electron chi connectivity index (χ1n) is 4.46. The summed E-state index contributed by atoms with van der Waals surface area (Å²) in [6.45, 7) is 0.909. The van der Waals surface area contributed by atoms with E-state index in [4.69, 9.17) is 0 Å². The molecule has 1 atom stereocenters. The predicted octanol–water partition coefficient (Wildman–Crippen LogP) is 0.990. The first-order valence-corrected chi connectivity index (χ1v) is 5.61. The van der Waals surface area contributed by atoms with E-state index in [1.165, 1.54) is 5.56 Å². The highest BCUT2D eigenvalue weighted by Crippen LogP contribution is 2.08. The first-order chi connectivity index (χ1) is 6.63. The Morgan fingerprint density at radius 3 is 2.29 bits per heavy atom. The van der Waals surface area contributed by atoms with Crippen molar-refractivity contribution in [2.45, 2.75) is 11.4 Å². The van der Waals surface area contributed by atoms with E-state index in [2.05, 4.69) is 9.62 Å². The third-order valence-electron chi connectivity index (χ3n) is 1.82. The van der Waals surface area contributed by atoms with Crippen LogP contribution in [0.2, 0.25) is 0 Å². The SMILES string of the molecule is CNS(=O)c1ccc(CN(C)C)cc1. The normalized spacial score (nSPS) is 13.1. The van der Waals surface area contributed by atoms with Crippen molar-refractivity contribution in [2.24, 2.45) is 0 Å². The van der Waals surface area contributed by atoms with Gasteiger partial charge in [0.2, 0.25) is 0 Å². The second-order valence-electron chi connectivity index (χ2n) is 3.35. The Balaban J connectivity index is 2.73. The van der Waals surface area contributed by atoms with Crippen LogP contribution in [-0.4, -0.2) is 30.3 Å². The van der Waals surface area contributed by atoms with Crippen LogP contribution in [0.1, 0.15) is 5.56 Å². The van der Waals surface area contributed by atoms with E-state index >= 15 is 0 Å². The average molecular weight is 212 g/mol. The van der Waals surface area contributed by atoms with Crippen molar-refractivity contribution in [3.8, 4) is 0 Å². The molecule has 78 valence electrons. The van der Waals surface area contributed by atoms with Crippen molar-refractivity contribution in [3.63, 3.8) is 0 Å². The van der Waals surface area contributed by atoms with Gasteiger partial charge in [-0.2, -0.15) is 0 Å². The van der Waals surface area contributed by atoms with Crippen LogP contribution >= 0.6 is 0 Å². The van der Waals surface area contributed by atoms with Gasteiger partial charge in [-0.15, -0.1) is 0 Å². The quantitative estimate of drug-likeness (QED) is 0.807. The zero-order chi connectivity index (χ0) is 10.6. The molecule has 0 fully saturated rings. The van der Waals surface area contributed by atoms with E-state index in [1.807, 2.05) is 38.4 Å². The highest BCUT2D eigenvalue weighted by Gasteiger charge is 2.00. The van der Waals surface area contributed by atoms with Crippen molar-refractivity contribution >= 4 is 11.0 Å². The molecule has 14 heavy (non-hydrogen) atoms. The summed E-state index contributed by atoms with van der Waals surface area (Å²) >= 11 is 0. The monoisotopic (exact) mass is 212 g/mol. The first kappa shape index (κ1) is 11.4. The number of hydrogen-bond donors (Lipinski definition) is 1. The van der Waals surface area contributed by atoms with Crippen LogP contribution in [0.4, 0.5) is 0 Å². The molecule has 1 aromatic rings. The van der Waals surface area contributed by atoms with E-state index < -0.39 is 11.0 Å². The van der Waals surface area contributed by atoms with Crippen LogP contribution in [0, 0.1) is 0 Å². The fourth-order valence-corrected chi connectivity index (χ4v) is 1.82. The maximum Gasteiger partial charge on any atom is 0.124 e. The van der Waals surface area contributed by atoms with Crippen LogP contribution in [0.5, 0.6) is 0 Å². The molecule has 4 heteroatoms. The minimum atomic E-state index is -1.07. The van der Waals surface area contributed by atoms with Gasteiger partial charge < -0.3 is 4.90 Å². The molecule has 0 heterocycles. The molecule has 0 spiro atoms. The summed E-state index contributed by atoms with van der Waals surface area (Å²) in [5.41, 5.74) is 1.23. The third-order valence-corrected chi connectivity index (χ3v) is 2.89. The fourth-order valence-electron chi connectivity index (χ4n) is 1.20. The highest BCUT2D eigenvalue weighted by atomic mass is 32.2. The molecule has 0 aliphatic heterocycles. The van der Waals surface area contributed by atoms with Gasteiger partial charge in [0.15, 0.2) is 0 Å². The minimum absolute atomic E-state index is 0.815. The Morgan fingerprint density at radius 1 is 1.29 bits per heavy atom. The van der Waals surface area contributed by atoms with Gasteiger partial charge in [0.25, 0.3) is 0 Å². The number of rotatable bonds is 4. The van der Waals surface area contributed by atoms with E-state index in [-0.39, 0.29) is 0 Å². The molecule has 3 nitrogen and oxygen atoms in total. The molecule has 0 radical (unpaired) electrons. The van der Waals surface area contributed by atoms with Gasteiger partial charge >= 0.3 is 0 Å². The third kappa shape index (κ3) is 3.21. The molecule has 1 unspecified atom stereocenters. The van der Waals surface area contributed by atoms with Gasteiger partial charge in [-0.25, -0.2) is 8.93 Å². The molecule has 1 rings (SSSR count). The lowest BCUT2D eigenvalue weighted by atomic mass is 10.2. The van der Waals surface area contributed by atoms with Gasteiger partial charge in [-0.3, -0.25) is 0 Å². The van der Waals surface area contributed by atoms with Crippen molar-refractivity contribution in [2.75, 3.05) is 21.1 Å². The van der Waals surface area contributed by atoms with Crippen molar-refractivity contribution in [1.29, 1.82) is 0 Å². The molecule has 0 aliphatic rings. The molecule has 0 saturated carbocycles. The number of hydrogen-bond acceptors (Lipinski definition) is 2. The van der Waals surface area contributed by atoms with E-state index in [1.54, 1.807) is 7.05 Å². The molecule has 0 aliphatic carbocycles. The van der Waals surface area contributed by atoms with Gasteiger partial charge in [0.05, 0.1) is 4.90 Å². The number of benzene rings is 1. The predicted molar refractivity (Wildman–Crippen MR) is 59.3 cm³/mol. The molecular formula is C10H16N2OS. The Kier molecular flexibility index (Phi) is 4.25. The summed E-state index contributed by atoms with van der Waals surface area (Å²) in [6.07, 6.45) is 0. The molecule has 0 amide bonds. The van der Waals surface area contributed by atoms with Gasteiger partial charge in [-0.1, -0.05) is 12.1 Å². The van der Waals surface area contributed by atoms with Crippen molar-refractivity contribution < 1.29 is 4.21 Å². The van der Waals surface area contributed by atoms with E-state index in [0.717, 1.165) is 11.4 Å². The molecular weight excluding hydrogens is 196 g/mol. The lowest BCUT2D eigenvalue weighted by Gasteiger charge is -2.09. The van der Waals surface area contributed by atoms with Gasteiger partial charge in [0, 0.05) is 6.54 Å². The highest BCUT2D eigenvalue weighted by molar-refractivity contribution is 7.83. The molecule has 0 bridgehead atoms. The van der Waals surface area contributed by atoms with E-state index in [9.17, 15) is 4.21 Å². The van der Waals surface area contributed by atoms with Crippen molar-refractivity contribution in [1.82, 2.24) is 9.62 Å². The average Bonchev–Trinajstić information content (AvgIpc) is 2.17. The lowest BCUT2D eigenvalue weighted by Crippen LogP contribution is -2.12. The largest absolute Gasteiger partial charge is 0.305 e. The zero-order valence-corrected chi connectivity index (χ0v) is 9.60. The summed E-state index contributed by atoms with van der Waals surface area (Å²) in [5, 5.41) is 0. The Bertz CT molecular complexity index is 308. The van der Waals surface area contributed by atoms with E-state index in [0.29, 0.717) is 0 Å². The van der Waals surface area contributed by atoms with Crippen molar-refractivity contribution in [3.05, 3.63) is 29.8 Å². The van der Waals surface area contributed by atoms with Crippen LogP contribution in [0.15, 0.2) is 29.2 Å². The summed E-state index contributed by atoms with van der Waals surface area (Å²) in [6, 6.07) is 7.80. The van der Waals surface area contributed by atoms with Crippen LogP contribution in [-0.2, 0) is 17.5 Å². The molecule has 0 saturated heterocycles. The maximum atomic E-state index is 11.3. The van der Waals surface area contributed by atoms with Gasteiger partial charge in [-0.05, 0) is 38.8 Å². The maximum absolute atomic E-state index is 11.3. The van der Waals surface area contributed by atoms with Crippen LogP contribution < -0.4 is 4.72 Å². The topological polar surface area (TPSA) is 32.3 Å². The Hall–Kier alpha value is -0.710. The van der Waals surface area contributed by atoms with Crippen LogP contribution in [0.3, 0.4) is 0 Å². The molecule has 1 N–H and O–H groups in total. The smallest absolute Gasteiger partial charge is 0.124 e. The van der Waals surface area contributed by atoms with Gasteiger partial charge in [0.1, 0.15) is 11.0 Å². The summed E-state index contributed by atoms with van der Waals surface area (Å²) < 4.78 is 14.0. The number of nitrogens with one attached hydrogen (secondary N) is 1. The summed E-state index contributed by atoms with van der Waals surface area (Å²) in [5.74, 6) is 0. The fraction of sp³-hybridized carbons (Fsp3) is 0.400. The number of nitrogens with zero attached hydrogens (tertiary/aromatic N) is 1. The second kappa shape index (κ2) is 5.24. The summed E-state index contributed by atoms with van der Waals surface area (Å²) in [4.78, 5) is 2.92. The Labute approximate surface area is 87.7 Å². The minimum Gasteiger partial charge on any atom is -0.305 e. The molecule has 1 aromatic carbocycles. The second-order valence-corrected chi connectivity index (χ2v) is 4.77. The lowest BCUT2D eigenvalue weighted by molar-refractivity contribution is 0.402. The Morgan fingerprint density at radius 2 is 1.86 bits per heavy atom. The zero-order valence-electron chi connectivity index (χ0n) is 8.78. The standard InChI is InChI=1S/C10H16N2OS/c1-11-14(13)10-6-4-9(5-7-10)8-12(2)3/h4-7,11H,8H2,1-3H3.